The Labute approximate surface area is 651 Å². The summed E-state index contributed by atoms with van der Waals surface area (Å²) in [6.45, 7) is 1.23. The number of para-hydroxylation sites is 2. The van der Waals surface area contributed by atoms with E-state index < -0.39 is 255 Å². The predicted octanol–water partition coefficient (Wildman–Crippen LogP) is -5.45. The number of hydrogen-bond donors (Lipinski definition) is 20. The topological polar surface area (TPSA) is 673 Å². The van der Waals surface area contributed by atoms with Crippen LogP contribution >= 0.6 is 0 Å². The monoisotopic (exact) mass is 1600 g/mol. The van der Waals surface area contributed by atoms with Gasteiger partial charge in [-0.3, -0.25) is 96.0 Å². The van der Waals surface area contributed by atoms with Crippen LogP contribution < -0.4 is 81.0 Å². The number of ether oxygens (including phenoxy) is 1. The van der Waals surface area contributed by atoms with Crippen molar-refractivity contribution in [2.45, 2.75) is 209 Å². The quantitative estimate of drug-likeness (QED) is 0.00889. The number of anilines is 1. The number of carboxylic acid groups (broad SMARTS) is 3. The van der Waals surface area contributed by atoms with Gasteiger partial charge in [-0.15, -0.1) is 0 Å². The maximum absolute atomic E-state index is 14.8. The van der Waals surface area contributed by atoms with Gasteiger partial charge in [-0.25, -0.2) is 4.79 Å². The number of aromatic amines is 1. The van der Waals surface area contributed by atoms with Gasteiger partial charge in [-0.1, -0.05) is 82.7 Å². The Kier molecular flexibility index (Phi) is 36.5. The number of ketones is 1. The molecule has 2 fully saturated rings. The van der Waals surface area contributed by atoms with Crippen molar-refractivity contribution in [3.8, 4) is 0 Å². The summed E-state index contributed by atoms with van der Waals surface area (Å²) in [6, 6.07) is -9.90. The van der Waals surface area contributed by atoms with Crippen molar-refractivity contribution in [2.24, 2.45) is 17.4 Å². The van der Waals surface area contributed by atoms with Gasteiger partial charge in [0, 0.05) is 47.6 Å². The number of carbonyl (C=O) groups excluding carboxylic acids is 17. The van der Waals surface area contributed by atoms with Gasteiger partial charge in [0.05, 0.1) is 45.3 Å². The third-order valence-electron chi connectivity index (χ3n) is 18.3. The molecule has 0 spiro atoms. The minimum atomic E-state index is -2.44. The molecule has 2 aromatic carbocycles. The predicted molar refractivity (Wildman–Crippen MR) is 396 cm³/mol. The molecule has 114 heavy (non-hydrogen) atoms. The Morgan fingerprint density at radius 1 is 0.614 bits per heavy atom. The second-order valence-electron chi connectivity index (χ2n) is 27.5. The van der Waals surface area contributed by atoms with Crippen LogP contribution in [0.3, 0.4) is 0 Å². The fourth-order valence-corrected chi connectivity index (χ4v) is 12.2. The average molecular weight is 1600 g/mol. The second-order valence-corrected chi connectivity index (χ2v) is 27.5. The lowest BCUT2D eigenvalue weighted by Crippen LogP contribution is -2.62. The van der Waals surface area contributed by atoms with E-state index in [9.17, 15) is 116 Å². The third-order valence-corrected chi connectivity index (χ3v) is 18.3. The molecule has 3 aromatic rings. The molecule has 2 bridgehead atoms. The summed E-state index contributed by atoms with van der Waals surface area (Å²) in [4.78, 5) is 278. The number of rotatable bonds is 33. The van der Waals surface area contributed by atoms with Gasteiger partial charge in [0.2, 0.25) is 82.7 Å². The maximum atomic E-state index is 14.8. The lowest BCUT2D eigenvalue weighted by atomic mass is 9.96. The molecule has 2 aliphatic heterocycles. The summed E-state index contributed by atoms with van der Waals surface area (Å²) in [6.07, 6.45) is -1.75. The maximum Gasteiger partial charge on any atom is 0.329 e. The largest absolute Gasteiger partial charge is 0.481 e. The zero-order valence-electron chi connectivity index (χ0n) is 63.1. The number of unbranched alkanes of at least 4 members (excludes halogenated alkanes) is 6. The van der Waals surface area contributed by atoms with Crippen molar-refractivity contribution >= 4 is 135 Å². The summed E-state index contributed by atoms with van der Waals surface area (Å²) >= 11 is 0. The van der Waals surface area contributed by atoms with Crippen LogP contribution in [0.4, 0.5) is 5.69 Å². The Hall–Kier alpha value is -12.5. The highest BCUT2D eigenvalue weighted by atomic mass is 16.5. The summed E-state index contributed by atoms with van der Waals surface area (Å²) < 4.78 is 5.69. The summed E-state index contributed by atoms with van der Waals surface area (Å²) in [5.74, 6) is -28.5. The Balaban J connectivity index is 1.59. The number of nitrogens with one attached hydrogen (secondary N) is 13. The molecule has 0 radical (unpaired) electrons. The molecule has 0 saturated carbocycles. The molecule has 5 rings (SSSR count). The van der Waals surface area contributed by atoms with E-state index in [0.29, 0.717) is 34.2 Å². The number of nitrogens with zero attached hydrogens (tertiary/aromatic N) is 1. The highest BCUT2D eigenvalue weighted by Gasteiger charge is 2.44. The van der Waals surface area contributed by atoms with E-state index in [2.05, 4.69) is 70.4 Å². The second kappa shape index (κ2) is 45.1. The summed E-state index contributed by atoms with van der Waals surface area (Å²) in [5.41, 5.74) is 18.1. The number of aliphatic hydroxyl groups is 1. The number of aliphatic hydroxyl groups excluding tert-OH is 1. The molecule has 23 N–H and O–H groups in total. The minimum absolute atomic E-state index is 0.0141. The van der Waals surface area contributed by atoms with Crippen LogP contribution in [0.5, 0.6) is 0 Å². The fourth-order valence-electron chi connectivity index (χ4n) is 12.2. The van der Waals surface area contributed by atoms with Crippen molar-refractivity contribution in [2.75, 3.05) is 32.0 Å². The highest BCUT2D eigenvalue weighted by molar-refractivity contribution is 6.10. The van der Waals surface area contributed by atoms with E-state index in [1.54, 1.807) is 30.5 Å². The van der Waals surface area contributed by atoms with Crippen LogP contribution in [-0.2, 0) is 102 Å². The van der Waals surface area contributed by atoms with E-state index in [-0.39, 0.29) is 43.5 Å². The van der Waals surface area contributed by atoms with Gasteiger partial charge < -0.3 is 111 Å². The Morgan fingerprint density at radius 2 is 1.22 bits per heavy atom. The van der Waals surface area contributed by atoms with E-state index in [1.165, 1.54) is 24.3 Å². The van der Waals surface area contributed by atoms with Crippen LogP contribution in [-0.4, -0.2) is 247 Å². The van der Waals surface area contributed by atoms with E-state index in [0.717, 1.165) is 52.9 Å². The third kappa shape index (κ3) is 29.0. The van der Waals surface area contributed by atoms with Crippen molar-refractivity contribution in [1.82, 2.24) is 73.7 Å². The number of cyclic esters (lactones) is 1. The molecule has 2 saturated heterocycles. The first kappa shape index (κ1) is 92.1. The summed E-state index contributed by atoms with van der Waals surface area (Å²) in [7, 11) is 0. The number of esters is 1. The number of benzene rings is 2. The zero-order chi connectivity index (χ0) is 84.6. The number of aromatic nitrogens is 1. The standard InChI is InChI=1S/C72H99N17O25/c1-5-6-7-8-9-10-11-22-53(93)80-44(25-38-31-76-42-20-15-13-17-39(38)42)65(106)82-45(27-52(75)92)66(107)84-47(30-59(101)102)67(108)88-61-37(4)114-72(113)49(26-51(91)40-18-12-14-19-41(40)74)86-70(111)60(35(2)24-57(97)98)87-68(109)50(34-90)81-55(95)33-89-56(96)28-48(71(89)112)85-62(103)36(3)78-64(105)46(29-58(99)100)83-63(104)43(21-16-23-73)79-54(94)32-77-69(61)110/h12-15,17-20,31,35-37,43-50,60-61,76,90H,5-11,16,21-30,32-34,73-74H2,1-4H3,(H2,75,92)(H,77,110)(H,78,105)(H,79,94)(H,80,93)(H,81,95)(H,82,106)(H,83,104)(H,84,107)(H,85,103)(H,86,111)(H,87,109)(H,88,108)(H,97,98)(H,99,100)(H,101,102)/t35-,36-,37-,43+,44+,45+,46+,47+,48+,49+,50-,60+,61+/m1/s1. The van der Waals surface area contributed by atoms with Crippen LogP contribution in [0.25, 0.3) is 10.9 Å². The molecule has 2 aliphatic rings. The number of carboxylic acids is 3. The normalized spacial score (nSPS) is 21.8. The molecular weight excluding hydrogens is 1500 g/mol. The number of carbonyl (C=O) groups is 20. The summed E-state index contributed by atoms with van der Waals surface area (Å²) in [5, 5.41) is 67.5. The lowest BCUT2D eigenvalue weighted by Gasteiger charge is -2.30. The Morgan fingerprint density at radius 3 is 1.86 bits per heavy atom. The molecule has 622 valence electrons. The first-order chi connectivity index (χ1) is 53.9. The van der Waals surface area contributed by atoms with Crippen molar-refractivity contribution in [1.29, 1.82) is 0 Å². The fraction of sp³-hybridized carbons (Fsp3) is 0.528. The number of imide groups is 1. The molecule has 13 atom stereocenters. The molecule has 42 nitrogen and oxygen atoms in total. The zero-order valence-corrected chi connectivity index (χ0v) is 63.1. The number of Topliss-reactive ketones (excluding diaryl/α,β-unsaturated/α-hetero) is 1. The van der Waals surface area contributed by atoms with E-state index in [1.807, 2.05) is 5.32 Å². The molecular formula is C72H99N17O25. The first-order valence-electron chi connectivity index (χ1n) is 36.8. The molecule has 15 amide bonds. The first-order valence-corrected chi connectivity index (χ1v) is 36.8. The van der Waals surface area contributed by atoms with E-state index >= 15 is 0 Å². The number of nitrogens with two attached hydrogens (primary N) is 3. The van der Waals surface area contributed by atoms with Crippen LogP contribution in [0.2, 0.25) is 0 Å². The van der Waals surface area contributed by atoms with Crippen molar-refractivity contribution in [3.63, 3.8) is 0 Å². The van der Waals surface area contributed by atoms with Gasteiger partial charge in [0.25, 0.3) is 5.91 Å². The van der Waals surface area contributed by atoms with Crippen molar-refractivity contribution < 1.29 is 121 Å². The van der Waals surface area contributed by atoms with Gasteiger partial charge >= 0.3 is 23.9 Å². The van der Waals surface area contributed by atoms with Gasteiger partial charge in [0.15, 0.2) is 5.78 Å². The number of aliphatic carboxylic acids is 3. The van der Waals surface area contributed by atoms with Gasteiger partial charge in [-0.2, -0.15) is 0 Å². The van der Waals surface area contributed by atoms with Crippen LogP contribution in [0, 0.1) is 5.92 Å². The number of nitrogen functional groups attached to an aromatic ring is 1. The number of H-pyrrole nitrogens is 1. The van der Waals surface area contributed by atoms with Gasteiger partial charge in [-0.05, 0) is 69.3 Å². The average Bonchev–Trinajstić information content (AvgIpc) is 1.73. The molecule has 1 aromatic heterocycles. The minimum Gasteiger partial charge on any atom is -0.481 e. The highest BCUT2D eigenvalue weighted by Crippen LogP contribution is 2.22. The smallest absolute Gasteiger partial charge is 0.329 e. The molecule has 0 unspecified atom stereocenters. The number of fused-ring (bicyclic) bond motifs is 3. The molecule has 42 heteroatoms. The van der Waals surface area contributed by atoms with Crippen molar-refractivity contribution in [3.05, 3.63) is 65.9 Å². The number of amides is 15. The van der Waals surface area contributed by atoms with Crippen LogP contribution in [0.15, 0.2) is 54.7 Å². The number of hydrogen-bond acceptors (Lipinski definition) is 24. The van der Waals surface area contributed by atoms with Gasteiger partial charge in [0.1, 0.15) is 79.1 Å². The number of primary amides is 1. The van der Waals surface area contributed by atoms with Crippen LogP contribution in [0.1, 0.15) is 146 Å². The molecule has 0 aliphatic carbocycles. The van der Waals surface area contributed by atoms with E-state index in [4.69, 9.17) is 21.9 Å². The Bertz CT molecular complexity index is 4080. The lowest BCUT2D eigenvalue weighted by molar-refractivity contribution is -0.156. The SMILES string of the molecule is CCCCCCCCCC(=O)N[C@@H](Cc1c[nH]c2ccccc12)C(=O)N[C@@H](CC(N)=O)C(=O)N[C@@H](CC(=O)O)C(=O)N[C@@H]1C(=O)NCC(=O)N[C@@H](CCCN)C(=O)N[C@@H](CC(=O)O)C(=O)N[C@H](C)C(=O)N[C@H]2CC(=O)N(CC(=O)N[C@H](CO)C(=O)N[C@@H]([C@H](C)CC(=O)O)C(=O)N[C@@H](CC(=O)c3ccccc3N)C(=O)O[C@@H]1C)C2=O. The molecule has 3 heterocycles.